The number of hydrogen-bond acceptors (Lipinski definition) is 3. The van der Waals surface area contributed by atoms with E-state index in [1.54, 1.807) is 0 Å². The molecule has 1 aromatic rings. The Morgan fingerprint density at radius 1 is 1.33 bits per heavy atom. The molecule has 118 valence electrons. The van der Waals surface area contributed by atoms with Gasteiger partial charge in [0, 0.05) is 37.7 Å². The molecule has 5 heteroatoms. The zero-order valence-electron chi connectivity index (χ0n) is 12.2. The third-order valence-electron chi connectivity index (χ3n) is 4.19. The molecule has 1 aliphatic carbocycles. The molecular weight excluding hydrogens is 274 g/mol. The van der Waals surface area contributed by atoms with Gasteiger partial charge in [-0.15, -0.1) is 0 Å². The Kier molecular flexibility index (Phi) is 5.53. The fourth-order valence-corrected chi connectivity index (χ4v) is 2.75. The van der Waals surface area contributed by atoms with Crippen LogP contribution in [0.5, 0.6) is 0 Å². The van der Waals surface area contributed by atoms with Gasteiger partial charge in [-0.25, -0.2) is 8.78 Å². The van der Waals surface area contributed by atoms with Gasteiger partial charge in [-0.1, -0.05) is 12.1 Å². The number of hydrogen-bond donors (Lipinski definition) is 3. The molecule has 1 aromatic carbocycles. The summed E-state index contributed by atoms with van der Waals surface area (Å²) in [5.74, 6) is -2.16. The van der Waals surface area contributed by atoms with Gasteiger partial charge < -0.3 is 16.2 Å². The standard InChI is InChI=1S/C16H24F2N2O/c17-16(18)7-4-12(5-8-16)11-20-14-3-1-2-13(10-14)15(19)6-9-21/h1-3,10,12,15,20-21H,4-9,11,19H2. The van der Waals surface area contributed by atoms with Crippen molar-refractivity contribution in [2.24, 2.45) is 11.7 Å². The van der Waals surface area contributed by atoms with Gasteiger partial charge in [0.2, 0.25) is 5.92 Å². The van der Waals surface area contributed by atoms with Crippen LogP contribution in [0.25, 0.3) is 0 Å². The number of nitrogens with two attached hydrogens (primary N) is 1. The maximum Gasteiger partial charge on any atom is 0.248 e. The molecule has 0 radical (unpaired) electrons. The fourth-order valence-electron chi connectivity index (χ4n) is 2.75. The van der Waals surface area contributed by atoms with E-state index in [4.69, 9.17) is 10.8 Å². The first-order chi connectivity index (χ1) is 10.00. The summed E-state index contributed by atoms with van der Waals surface area (Å²) >= 11 is 0. The van der Waals surface area contributed by atoms with Crippen LogP contribution < -0.4 is 11.1 Å². The fraction of sp³-hybridized carbons (Fsp3) is 0.625. The Labute approximate surface area is 124 Å². The highest BCUT2D eigenvalue weighted by molar-refractivity contribution is 5.46. The van der Waals surface area contributed by atoms with E-state index in [2.05, 4.69) is 5.32 Å². The molecule has 0 bridgehead atoms. The average Bonchev–Trinajstić information content (AvgIpc) is 2.47. The van der Waals surface area contributed by atoms with Gasteiger partial charge in [0.05, 0.1) is 0 Å². The van der Waals surface area contributed by atoms with Crippen LogP contribution in [0.2, 0.25) is 0 Å². The van der Waals surface area contributed by atoms with Crippen LogP contribution in [0.15, 0.2) is 24.3 Å². The highest BCUT2D eigenvalue weighted by Crippen LogP contribution is 2.36. The van der Waals surface area contributed by atoms with E-state index in [1.807, 2.05) is 24.3 Å². The second-order valence-corrected chi connectivity index (χ2v) is 5.92. The summed E-state index contributed by atoms with van der Waals surface area (Å²) < 4.78 is 26.2. The van der Waals surface area contributed by atoms with Crippen LogP contribution in [0.3, 0.4) is 0 Å². The van der Waals surface area contributed by atoms with Gasteiger partial charge in [-0.3, -0.25) is 0 Å². The summed E-state index contributed by atoms with van der Waals surface area (Å²) in [5.41, 5.74) is 7.90. The van der Waals surface area contributed by atoms with Crippen molar-refractivity contribution in [2.75, 3.05) is 18.5 Å². The van der Waals surface area contributed by atoms with Crippen molar-refractivity contribution in [1.82, 2.24) is 0 Å². The second-order valence-electron chi connectivity index (χ2n) is 5.92. The molecule has 2 rings (SSSR count). The molecule has 1 aliphatic rings. The Bertz CT molecular complexity index is 444. The number of halogens is 2. The molecule has 0 aliphatic heterocycles. The van der Waals surface area contributed by atoms with Crippen LogP contribution in [0.1, 0.15) is 43.7 Å². The summed E-state index contributed by atoms with van der Waals surface area (Å²) in [7, 11) is 0. The van der Waals surface area contributed by atoms with Crippen molar-refractivity contribution >= 4 is 5.69 Å². The minimum Gasteiger partial charge on any atom is -0.396 e. The molecule has 0 amide bonds. The SMILES string of the molecule is NC(CCO)c1cccc(NCC2CCC(F)(F)CC2)c1. The average molecular weight is 298 g/mol. The number of nitrogens with one attached hydrogen (secondary N) is 1. The van der Waals surface area contributed by atoms with Crippen LogP contribution in [-0.4, -0.2) is 24.2 Å². The third kappa shape index (κ3) is 4.93. The van der Waals surface area contributed by atoms with Crippen LogP contribution in [0, 0.1) is 5.92 Å². The van der Waals surface area contributed by atoms with E-state index in [-0.39, 0.29) is 25.5 Å². The molecule has 0 saturated heterocycles. The van der Waals surface area contributed by atoms with Crippen LogP contribution in [0.4, 0.5) is 14.5 Å². The van der Waals surface area contributed by atoms with E-state index >= 15 is 0 Å². The monoisotopic (exact) mass is 298 g/mol. The lowest BCUT2D eigenvalue weighted by atomic mass is 9.87. The summed E-state index contributed by atoms with van der Waals surface area (Å²) in [6.07, 6.45) is 1.68. The molecule has 4 N–H and O–H groups in total. The maximum atomic E-state index is 13.1. The van der Waals surface area contributed by atoms with Crippen molar-refractivity contribution in [1.29, 1.82) is 0 Å². The van der Waals surface area contributed by atoms with Gasteiger partial charge in [0.15, 0.2) is 0 Å². The summed E-state index contributed by atoms with van der Waals surface area (Å²) in [5, 5.41) is 12.2. The van der Waals surface area contributed by atoms with Gasteiger partial charge in [-0.2, -0.15) is 0 Å². The molecule has 0 heterocycles. The Morgan fingerprint density at radius 2 is 2.05 bits per heavy atom. The van der Waals surface area contributed by atoms with Crippen molar-refractivity contribution in [3.63, 3.8) is 0 Å². The normalized spacial score (nSPS) is 20.2. The molecule has 1 unspecified atom stereocenters. The van der Waals surface area contributed by atoms with E-state index < -0.39 is 5.92 Å². The molecular formula is C16H24F2N2O. The number of rotatable bonds is 6. The number of benzene rings is 1. The lowest BCUT2D eigenvalue weighted by molar-refractivity contribution is -0.0443. The molecule has 3 nitrogen and oxygen atoms in total. The van der Waals surface area contributed by atoms with E-state index in [1.165, 1.54) is 0 Å². The third-order valence-corrected chi connectivity index (χ3v) is 4.19. The minimum absolute atomic E-state index is 0.000754. The van der Waals surface area contributed by atoms with E-state index in [9.17, 15) is 8.78 Å². The summed E-state index contributed by atoms with van der Waals surface area (Å²) in [4.78, 5) is 0. The largest absolute Gasteiger partial charge is 0.396 e. The molecule has 1 saturated carbocycles. The summed E-state index contributed by atoms with van der Waals surface area (Å²) in [6, 6.07) is 7.60. The summed E-state index contributed by atoms with van der Waals surface area (Å²) in [6.45, 7) is 0.782. The highest BCUT2D eigenvalue weighted by atomic mass is 19.3. The first kappa shape index (κ1) is 16.2. The highest BCUT2D eigenvalue weighted by Gasteiger charge is 2.34. The zero-order chi connectivity index (χ0) is 15.3. The number of aliphatic hydroxyl groups excluding tert-OH is 1. The predicted molar refractivity (Wildman–Crippen MR) is 80.5 cm³/mol. The van der Waals surface area contributed by atoms with Crippen LogP contribution in [-0.2, 0) is 0 Å². The first-order valence-corrected chi connectivity index (χ1v) is 7.58. The van der Waals surface area contributed by atoms with Crippen molar-refractivity contribution < 1.29 is 13.9 Å². The van der Waals surface area contributed by atoms with Gasteiger partial charge in [-0.05, 0) is 42.9 Å². The van der Waals surface area contributed by atoms with Gasteiger partial charge >= 0.3 is 0 Å². The van der Waals surface area contributed by atoms with Crippen LogP contribution >= 0.6 is 0 Å². The minimum atomic E-state index is -2.46. The Morgan fingerprint density at radius 3 is 2.71 bits per heavy atom. The van der Waals surface area contributed by atoms with Gasteiger partial charge in [0.25, 0.3) is 0 Å². The molecule has 1 fully saturated rings. The smallest absolute Gasteiger partial charge is 0.248 e. The quantitative estimate of drug-likeness (QED) is 0.755. The zero-order valence-corrected chi connectivity index (χ0v) is 12.2. The Balaban J connectivity index is 1.85. The topological polar surface area (TPSA) is 58.3 Å². The Hall–Kier alpha value is -1.20. The number of alkyl halides is 2. The second kappa shape index (κ2) is 7.18. The number of aliphatic hydroxyl groups is 1. The molecule has 21 heavy (non-hydrogen) atoms. The molecule has 0 spiro atoms. The van der Waals surface area contributed by atoms with Gasteiger partial charge in [0.1, 0.15) is 0 Å². The van der Waals surface area contributed by atoms with Crippen molar-refractivity contribution in [3.05, 3.63) is 29.8 Å². The predicted octanol–water partition coefficient (Wildman–Crippen LogP) is 3.31. The van der Waals surface area contributed by atoms with Crippen molar-refractivity contribution in [3.8, 4) is 0 Å². The number of anilines is 1. The lowest BCUT2D eigenvalue weighted by Crippen LogP contribution is -2.28. The maximum absolute atomic E-state index is 13.1. The van der Waals surface area contributed by atoms with E-state index in [0.29, 0.717) is 25.2 Å². The molecule has 1 atom stereocenters. The van der Waals surface area contributed by atoms with Crippen molar-refractivity contribution in [2.45, 2.75) is 44.1 Å². The molecule has 0 aromatic heterocycles. The lowest BCUT2D eigenvalue weighted by Gasteiger charge is -2.28. The first-order valence-electron chi connectivity index (χ1n) is 7.58. The van der Waals surface area contributed by atoms with E-state index in [0.717, 1.165) is 17.8 Å².